The zero-order valence-electron chi connectivity index (χ0n) is 17.2. The van der Waals surface area contributed by atoms with Gasteiger partial charge in [-0.05, 0) is 103 Å². The van der Waals surface area contributed by atoms with E-state index < -0.39 is 0 Å². The van der Waals surface area contributed by atoms with Crippen molar-refractivity contribution in [1.82, 2.24) is 20.4 Å². The monoisotopic (exact) mass is 410 g/mol. The van der Waals surface area contributed by atoms with Crippen molar-refractivity contribution in [1.29, 1.82) is 0 Å². The van der Waals surface area contributed by atoms with Crippen LogP contribution in [0, 0.1) is 6.92 Å². The summed E-state index contributed by atoms with van der Waals surface area (Å²) in [6, 6.07) is 6.09. The van der Waals surface area contributed by atoms with Crippen LogP contribution in [-0.2, 0) is 0 Å². The predicted molar refractivity (Wildman–Crippen MR) is 126 cm³/mol. The van der Waals surface area contributed by atoms with Gasteiger partial charge < -0.3 is 31.1 Å². The maximum atomic E-state index is 5.40. The highest BCUT2D eigenvalue weighted by molar-refractivity contribution is 7.80. The minimum Gasteiger partial charge on any atom is -0.362 e. The van der Waals surface area contributed by atoms with Crippen molar-refractivity contribution < 1.29 is 0 Å². The molecule has 152 valence electrons. The van der Waals surface area contributed by atoms with E-state index in [0.717, 1.165) is 56.0 Å². The van der Waals surface area contributed by atoms with Gasteiger partial charge in [-0.1, -0.05) is 6.07 Å². The molecule has 0 aliphatic heterocycles. The quantitative estimate of drug-likeness (QED) is 0.347. The number of nitrogens with zero attached hydrogens (tertiary/aromatic N) is 2. The van der Waals surface area contributed by atoms with E-state index in [1.165, 1.54) is 0 Å². The molecule has 4 N–H and O–H groups in total. The molecule has 1 aromatic rings. The van der Waals surface area contributed by atoms with Gasteiger partial charge in [-0.2, -0.15) is 0 Å². The number of benzene rings is 1. The Morgan fingerprint density at radius 1 is 0.852 bits per heavy atom. The van der Waals surface area contributed by atoms with Gasteiger partial charge in [0.15, 0.2) is 10.2 Å². The second-order valence-electron chi connectivity index (χ2n) is 7.11. The second kappa shape index (κ2) is 12.8. The number of anilines is 2. The van der Waals surface area contributed by atoms with Gasteiger partial charge in [0.1, 0.15) is 0 Å². The molecule has 0 spiro atoms. The summed E-state index contributed by atoms with van der Waals surface area (Å²) in [5.74, 6) is 0. The molecule has 0 heterocycles. The number of nitrogens with one attached hydrogen (secondary N) is 4. The Bertz CT molecular complexity index is 604. The maximum Gasteiger partial charge on any atom is 0.170 e. The lowest BCUT2D eigenvalue weighted by Gasteiger charge is -2.16. The van der Waals surface area contributed by atoms with Gasteiger partial charge in [0, 0.05) is 24.5 Å². The summed E-state index contributed by atoms with van der Waals surface area (Å²) in [5, 5.41) is 14.3. The largest absolute Gasteiger partial charge is 0.362 e. The molecule has 27 heavy (non-hydrogen) atoms. The van der Waals surface area contributed by atoms with Gasteiger partial charge in [0.2, 0.25) is 0 Å². The highest BCUT2D eigenvalue weighted by Gasteiger charge is 2.05. The minimum absolute atomic E-state index is 0.632. The first kappa shape index (κ1) is 23.6. The maximum absolute atomic E-state index is 5.40. The van der Waals surface area contributed by atoms with Gasteiger partial charge >= 0.3 is 0 Å². The Morgan fingerprint density at radius 3 is 1.89 bits per heavy atom. The van der Waals surface area contributed by atoms with Crippen LogP contribution in [0.4, 0.5) is 11.4 Å². The molecular weight excluding hydrogens is 376 g/mol. The van der Waals surface area contributed by atoms with Crippen molar-refractivity contribution in [2.45, 2.75) is 19.8 Å². The van der Waals surface area contributed by atoms with Crippen LogP contribution in [0.1, 0.15) is 18.4 Å². The van der Waals surface area contributed by atoms with E-state index in [2.05, 4.69) is 66.2 Å². The molecule has 0 aromatic heterocycles. The van der Waals surface area contributed by atoms with Crippen molar-refractivity contribution >= 4 is 46.0 Å². The summed E-state index contributed by atoms with van der Waals surface area (Å²) in [4.78, 5) is 4.32. The zero-order chi connectivity index (χ0) is 20.2. The van der Waals surface area contributed by atoms with Crippen molar-refractivity contribution in [2.24, 2.45) is 0 Å². The Balaban J connectivity index is 2.46. The van der Waals surface area contributed by atoms with Crippen LogP contribution in [0.5, 0.6) is 0 Å². The van der Waals surface area contributed by atoms with Crippen LogP contribution >= 0.6 is 24.4 Å². The van der Waals surface area contributed by atoms with Crippen molar-refractivity contribution in [2.75, 3.05) is 65.0 Å². The molecule has 0 bridgehead atoms. The Morgan fingerprint density at radius 2 is 1.37 bits per heavy atom. The summed E-state index contributed by atoms with van der Waals surface area (Å²) in [6.07, 6.45) is 2.09. The average molecular weight is 411 g/mol. The molecule has 1 aromatic carbocycles. The summed E-state index contributed by atoms with van der Waals surface area (Å²) in [5.41, 5.74) is 3.03. The van der Waals surface area contributed by atoms with Gasteiger partial charge in [0.05, 0.1) is 0 Å². The van der Waals surface area contributed by atoms with E-state index >= 15 is 0 Å². The number of thiocarbonyl (C=S) groups is 2. The van der Waals surface area contributed by atoms with E-state index in [0.29, 0.717) is 10.2 Å². The van der Waals surface area contributed by atoms with E-state index in [1.807, 2.05) is 18.2 Å². The fraction of sp³-hybridized carbons (Fsp3) is 0.579. The van der Waals surface area contributed by atoms with Crippen molar-refractivity contribution in [3.8, 4) is 0 Å². The molecule has 0 amide bonds. The molecule has 0 saturated carbocycles. The van der Waals surface area contributed by atoms with E-state index in [9.17, 15) is 0 Å². The van der Waals surface area contributed by atoms with Gasteiger partial charge in [-0.25, -0.2) is 0 Å². The molecule has 0 unspecified atom stereocenters. The standard InChI is InChI=1S/C19H34N6S2/c1-15-8-9-16(22-18(26)20-10-6-12-24(2)3)14-17(15)23-19(27)21-11-7-13-25(4)5/h8-9,14H,6-7,10-13H2,1-5H3,(H2,20,22,26)(H2,21,23,27). The molecule has 0 aliphatic rings. The number of hydrogen-bond acceptors (Lipinski definition) is 4. The van der Waals surface area contributed by atoms with Crippen molar-refractivity contribution in [3.05, 3.63) is 23.8 Å². The summed E-state index contributed by atoms with van der Waals surface area (Å²) in [7, 11) is 8.28. The third-order valence-electron chi connectivity index (χ3n) is 3.88. The van der Waals surface area contributed by atoms with Gasteiger partial charge in [0.25, 0.3) is 0 Å². The third-order valence-corrected chi connectivity index (χ3v) is 4.37. The molecular formula is C19H34N6S2. The lowest BCUT2D eigenvalue weighted by Crippen LogP contribution is -2.31. The molecule has 0 radical (unpaired) electrons. The van der Waals surface area contributed by atoms with Gasteiger partial charge in [-0.3, -0.25) is 0 Å². The smallest absolute Gasteiger partial charge is 0.170 e. The first-order valence-corrected chi connectivity index (χ1v) is 10.1. The zero-order valence-corrected chi connectivity index (χ0v) is 18.8. The molecule has 6 nitrogen and oxygen atoms in total. The number of aryl methyl sites for hydroxylation is 1. The lowest BCUT2D eigenvalue weighted by molar-refractivity contribution is 0.400. The Labute approximate surface area is 175 Å². The Hall–Kier alpha value is -1.48. The first-order chi connectivity index (χ1) is 12.8. The third kappa shape index (κ3) is 11.1. The number of rotatable bonds is 10. The van der Waals surface area contributed by atoms with Gasteiger partial charge in [-0.15, -0.1) is 0 Å². The summed E-state index contributed by atoms with van der Waals surface area (Å²) >= 11 is 10.8. The van der Waals surface area contributed by atoms with Crippen LogP contribution in [-0.4, -0.2) is 74.4 Å². The van der Waals surface area contributed by atoms with Crippen LogP contribution < -0.4 is 21.3 Å². The molecule has 0 saturated heterocycles. The molecule has 8 heteroatoms. The highest BCUT2D eigenvalue weighted by atomic mass is 32.1. The van der Waals surface area contributed by atoms with E-state index in [-0.39, 0.29) is 0 Å². The molecule has 1 rings (SSSR count). The fourth-order valence-corrected chi connectivity index (χ4v) is 2.80. The first-order valence-electron chi connectivity index (χ1n) is 9.27. The highest BCUT2D eigenvalue weighted by Crippen LogP contribution is 2.20. The van der Waals surface area contributed by atoms with Crippen LogP contribution in [0.3, 0.4) is 0 Å². The molecule has 0 fully saturated rings. The Kier molecular flexibility index (Phi) is 11.2. The van der Waals surface area contributed by atoms with Crippen LogP contribution in [0.2, 0.25) is 0 Å². The van der Waals surface area contributed by atoms with E-state index in [4.69, 9.17) is 24.4 Å². The molecule has 0 aliphatic carbocycles. The second-order valence-corrected chi connectivity index (χ2v) is 7.92. The molecule has 0 atom stereocenters. The average Bonchev–Trinajstić information content (AvgIpc) is 2.58. The summed E-state index contributed by atoms with van der Waals surface area (Å²) in [6.45, 7) is 5.82. The van der Waals surface area contributed by atoms with Crippen molar-refractivity contribution in [3.63, 3.8) is 0 Å². The topological polar surface area (TPSA) is 54.6 Å². The van der Waals surface area contributed by atoms with Crippen LogP contribution in [0.15, 0.2) is 18.2 Å². The summed E-state index contributed by atoms with van der Waals surface area (Å²) < 4.78 is 0. The van der Waals surface area contributed by atoms with E-state index in [1.54, 1.807) is 0 Å². The minimum atomic E-state index is 0.632. The number of hydrogen-bond donors (Lipinski definition) is 4. The van der Waals surface area contributed by atoms with Crippen LogP contribution in [0.25, 0.3) is 0 Å². The normalized spacial score (nSPS) is 10.8. The lowest BCUT2D eigenvalue weighted by atomic mass is 10.2. The predicted octanol–water partition coefficient (Wildman–Crippen LogP) is 2.47. The fourth-order valence-electron chi connectivity index (χ4n) is 2.37. The SMILES string of the molecule is Cc1ccc(NC(=S)NCCCN(C)C)cc1NC(=S)NCCCN(C)C.